The molecular formula is C33H35BClN3O4. The maximum atomic E-state index is 13.7. The molecule has 1 unspecified atom stereocenters. The minimum Gasteiger partial charge on any atom is -0.440 e. The van der Waals surface area contributed by atoms with Gasteiger partial charge in [0.05, 0.1) is 23.2 Å². The molecule has 0 spiro atoms. The van der Waals surface area contributed by atoms with Crippen molar-refractivity contribution < 1.29 is 14.2 Å². The first kappa shape index (κ1) is 28.4. The zero-order valence-corrected chi connectivity index (χ0v) is 25.4. The summed E-state index contributed by atoms with van der Waals surface area (Å²) in [5, 5.41) is 18.9. The molecule has 1 atom stereocenters. The molecular weight excluding hydrogens is 549 g/mol. The van der Waals surface area contributed by atoms with Crippen molar-refractivity contribution in [3.05, 3.63) is 86.0 Å². The first-order valence-electron chi connectivity index (χ1n) is 14.4. The van der Waals surface area contributed by atoms with Gasteiger partial charge in [-0.3, -0.25) is 4.79 Å². The average molecular weight is 584 g/mol. The second-order valence-electron chi connectivity index (χ2n) is 12.3. The molecule has 0 aliphatic carbocycles. The summed E-state index contributed by atoms with van der Waals surface area (Å²) in [4.78, 5) is 15.9. The topological polar surface area (TPSA) is 87.3 Å². The van der Waals surface area contributed by atoms with Crippen LogP contribution in [0.25, 0.3) is 22.1 Å². The fraction of sp³-hybridized carbons (Fsp3) is 0.333. The van der Waals surface area contributed by atoms with Crippen LogP contribution in [0.5, 0.6) is 0 Å². The Morgan fingerprint density at radius 1 is 1.10 bits per heavy atom. The van der Waals surface area contributed by atoms with Crippen molar-refractivity contribution >= 4 is 52.9 Å². The summed E-state index contributed by atoms with van der Waals surface area (Å²) < 4.78 is 11.7. The van der Waals surface area contributed by atoms with Crippen LogP contribution in [0.2, 0.25) is 5.02 Å². The van der Waals surface area contributed by atoms with Crippen LogP contribution in [0.4, 0.5) is 11.6 Å². The van der Waals surface area contributed by atoms with E-state index >= 15 is 0 Å². The molecule has 0 radical (unpaired) electrons. The molecule has 4 aromatic rings. The number of nitrogens with zero attached hydrogens (tertiary/aromatic N) is 2. The van der Waals surface area contributed by atoms with Crippen molar-refractivity contribution in [2.45, 2.75) is 53.5 Å². The summed E-state index contributed by atoms with van der Waals surface area (Å²) >= 11 is 6.45. The van der Waals surface area contributed by atoms with Crippen molar-refractivity contribution in [1.29, 1.82) is 0 Å². The number of hydrogen-bond donors (Lipinski definition) is 2. The van der Waals surface area contributed by atoms with Crippen LogP contribution in [-0.4, -0.2) is 31.4 Å². The van der Waals surface area contributed by atoms with E-state index in [4.69, 9.17) is 20.8 Å². The van der Waals surface area contributed by atoms with E-state index in [1.165, 1.54) is 0 Å². The minimum absolute atomic E-state index is 0.0128. The van der Waals surface area contributed by atoms with Crippen LogP contribution >= 0.6 is 11.6 Å². The Balaban J connectivity index is 1.40. The molecule has 7 nitrogen and oxygen atoms in total. The van der Waals surface area contributed by atoms with Crippen LogP contribution in [0.3, 0.4) is 0 Å². The van der Waals surface area contributed by atoms with Crippen LogP contribution in [0, 0.1) is 19.3 Å². The number of rotatable bonds is 5. The summed E-state index contributed by atoms with van der Waals surface area (Å²) in [6.45, 7) is 12.2. The Morgan fingerprint density at radius 3 is 2.62 bits per heavy atom. The van der Waals surface area contributed by atoms with Crippen LogP contribution in [-0.2, 0) is 4.76 Å². The number of halogens is 1. The monoisotopic (exact) mass is 583 g/mol. The molecule has 0 bridgehead atoms. The van der Waals surface area contributed by atoms with Gasteiger partial charge in [0, 0.05) is 40.4 Å². The van der Waals surface area contributed by atoms with Crippen molar-refractivity contribution in [2.24, 2.45) is 10.6 Å². The molecule has 216 valence electrons. The molecule has 1 fully saturated rings. The number of fused-ring (bicyclic) bond motifs is 2. The Bertz CT molecular complexity index is 1770. The number of nitrogens with one attached hydrogen (secondary N) is 1. The number of benzene rings is 3. The van der Waals surface area contributed by atoms with Crippen molar-refractivity contribution in [1.82, 2.24) is 0 Å². The van der Waals surface area contributed by atoms with E-state index in [1.807, 2.05) is 56.3 Å². The van der Waals surface area contributed by atoms with Crippen molar-refractivity contribution in [2.75, 3.05) is 23.3 Å². The minimum atomic E-state index is -1.13. The molecule has 6 rings (SSSR count). The lowest BCUT2D eigenvalue weighted by Gasteiger charge is -2.37. The van der Waals surface area contributed by atoms with Gasteiger partial charge in [0.25, 0.3) is 0 Å². The molecule has 3 heterocycles. The van der Waals surface area contributed by atoms with Gasteiger partial charge in [0.2, 0.25) is 5.88 Å². The smallest absolute Gasteiger partial charge is 0.440 e. The van der Waals surface area contributed by atoms with Gasteiger partial charge in [-0.05, 0) is 80.0 Å². The number of piperidine rings is 1. The van der Waals surface area contributed by atoms with Gasteiger partial charge < -0.3 is 24.4 Å². The van der Waals surface area contributed by atoms with Crippen LogP contribution < -0.4 is 21.1 Å². The summed E-state index contributed by atoms with van der Waals surface area (Å²) in [6, 6.07) is 15.3. The zero-order chi connectivity index (χ0) is 29.8. The predicted octanol–water partition coefficient (Wildman–Crippen LogP) is 6.58. The van der Waals surface area contributed by atoms with Crippen molar-refractivity contribution in [3.8, 4) is 11.1 Å². The average Bonchev–Trinajstić information content (AvgIpc) is 2.96. The van der Waals surface area contributed by atoms with E-state index in [-0.39, 0.29) is 16.9 Å². The highest BCUT2D eigenvalue weighted by atomic mass is 35.5. The molecule has 3 aromatic carbocycles. The highest BCUT2D eigenvalue weighted by Gasteiger charge is 2.29. The van der Waals surface area contributed by atoms with E-state index in [1.54, 1.807) is 6.21 Å². The molecule has 1 aromatic heterocycles. The number of hydrogen-bond acceptors (Lipinski definition) is 7. The molecule has 0 saturated carbocycles. The first-order chi connectivity index (χ1) is 20.0. The van der Waals surface area contributed by atoms with Crippen LogP contribution in [0.15, 0.2) is 62.9 Å². The van der Waals surface area contributed by atoms with E-state index in [0.29, 0.717) is 32.9 Å². The van der Waals surface area contributed by atoms with E-state index in [2.05, 4.69) is 42.2 Å². The second-order valence-corrected chi connectivity index (χ2v) is 12.8. The lowest BCUT2D eigenvalue weighted by Crippen LogP contribution is -2.38. The molecule has 42 heavy (non-hydrogen) atoms. The fourth-order valence-electron chi connectivity index (χ4n) is 5.96. The normalized spacial score (nSPS) is 16.7. The number of anilines is 2. The summed E-state index contributed by atoms with van der Waals surface area (Å²) in [5.74, 6) is 0.672. The third-order valence-corrected chi connectivity index (χ3v) is 8.84. The molecule has 2 aliphatic rings. The van der Waals surface area contributed by atoms with Gasteiger partial charge in [-0.15, -0.1) is 5.16 Å². The molecule has 2 N–H and O–H groups in total. The predicted molar refractivity (Wildman–Crippen MR) is 172 cm³/mol. The maximum Gasteiger partial charge on any atom is 0.583 e. The Hall–Kier alpha value is -3.75. The van der Waals surface area contributed by atoms with E-state index < -0.39 is 7.12 Å². The lowest BCUT2D eigenvalue weighted by atomic mass is 9.75. The Morgan fingerprint density at radius 2 is 1.86 bits per heavy atom. The van der Waals surface area contributed by atoms with Crippen molar-refractivity contribution in [3.63, 3.8) is 0 Å². The molecule has 2 aliphatic heterocycles. The fourth-order valence-corrected chi connectivity index (χ4v) is 6.13. The van der Waals surface area contributed by atoms with Gasteiger partial charge >= 0.3 is 7.12 Å². The van der Waals surface area contributed by atoms with Gasteiger partial charge in [0.15, 0.2) is 5.43 Å². The van der Waals surface area contributed by atoms with Gasteiger partial charge in [-0.25, -0.2) is 0 Å². The largest absolute Gasteiger partial charge is 0.583 e. The maximum absolute atomic E-state index is 13.7. The van der Waals surface area contributed by atoms with E-state index in [0.717, 1.165) is 59.4 Å². The van der Waals surface area contributed by atoms with Gasteiger partial charge in [0.1, 0.15) is 5.58 Å². The number of aryl methyl sites for hydroxylation is 1. The van der Waals surface area contributed by atoms with Crippen LogP contribution in [0.1, 0.15) is 61.9 Å². The second kappa shape index (κ2) is 10.8. The quantitative estimate of drug-likeness (QED) is 0.258. The summed E-state index contributed by atoms with van der Waals surface area (Å²) in [5.41, 5.74) is 7.50. The highest BCUT2D eigenvalue weighted by molar-refractivity contribution is 6.62. The third-order valence-electron chi connectivity index (χ3n) is 8.61. The Kier molecular flexibility index (Phi) is 7.31. The zero-order valence-electron chi connectivity index (χ0n) is 24.6. The molecule has 1 saturated heterocycles. The summed E-state index contributed by atoms with van der Waals surface area (Å²) in [6.07, 6.45) is 3.68. The standard InChI is InChI=1S/C33H35BClN3O4/c1-19-14-25(31-27(15-19)30(39)20(2)32(41-31)38-12-10-33(4,5)11-13-38)21(3)37-29-9-8-24(35)17-26(29)22-6-7-23-18-36-42-34(40)28(23)16-22/h6-9,14-18,21,37,40H,10-13H2,1-5H3. The van der Waals surface area contributed by atoms with Gasteiger partial charge in [-0.2, -0.15) is 0 Å². The SMILES string of the molecule is Cc1cc(C(C)Nc2ccc(Cl)cc2-c2ccc3c(c2)B(O)ON=C3)c2oc(N3CCC(C)(C)CC3)c(C)c(=O)c2c1. The van der Waals surface area contributed by atoms with Gasteiger partial charge in [-0.1, -0.05) is 49.7 Å². The first-order valence-corrected chi connectivity index (χ1v) is 14.8. The highest BCUT2D eigenvalue weighted by Crippen LogP contribution is 2.37. The molecule has 0 amide bonds. The Labute approximate surface area is 251 Å². The lowest BCUT2D eigenvalue weighted by molar-refractivity contribution is 0.274. The number of oxime groups is 1. The summed E-state index contributed by atoms with van der Waals surface area (Å²) in [7, 11) is -1.13. The third kappa shape index (κ3) is 5.29. The van der Waals surface area contributed by atoms with E-state index in [9.17, 15) is 9.82 Å². The molecule has 9 heteroatoms.